The highest BCUT2D eigenvalue weighted by Crippen LogP contribution is 2.33. The largest absolute Gasteiger partial charge is 0.481 e. The molecule has 1 radical (unpaired) electrons. The van der Waals surface area contributed by atoms with Crippen molar-refractivity contribution < 1.29 is 9.66 Å². The van der Waals surface area contributed by atoms with E-state index < -0.39 is 10.5 Å². The van der Waals surface area contributed by atoms with Gasteiger partial charge in [0.05, 0.1) is 10.5 Å². The number of rotatable bonds is 3. The van der Waals surface area contributed by atoms with Gasteiger partial charge in [0.15, 0.2) is 5.75 Å². The molecule has 0 aliphatic heterocycles. The smallest absolute Gasteiger partial charge is 0.318 e. The summed E-state index contributed by atoms with van der Waals surface area (Å²) in [6.45, 7) is 8.93. The summed E-state index contributed by atoms with van der Waals surface area (Å²) in [5, 5.41) is 10.9. The molecule has 0 atom stereocenters. The Kier molecular flexibility index (Phi) is 3.32. The van der Waals surface area contributed by atoms with Gasteiger partial charge in [-0.3, -0.25) is 10.1 Å². The Bertz CT molecular complexity index is 419. The van der Waals surface area contributed by atoms with E-state index in [4.69, 9.17) is 4.74 Å². The van der Waals surface area contributed by atoms with Gasteiger partial charge in [-0.2, -0.15) is 0 Å². The van der Waals surface area contributed by atoms with Crippen molar-refractivity contribution in [1.82, 2.24) is 0 Å². The summed E-state index contributed by atoms with van der Waals surface area (Å²) < 4.78 is 5.53. The molecule has 0 bridgehead atoms. The van der Waals surface area contributed by atoms with Crippen LogP contribution in [0.2, 0.25) is 0 Å². The zero-order chi connectivity index (χ0) is 12.3. The lowest BCUT2D eigenvalue weighted by Gasteiger charge is -2.21. The minimum atomic E-state index is -0.482. The molecule has 0 spiro atoms. The Morgan fingerprint density at radius 3 is 2.50 bits per heavy atom. The van der Waals surface area contributed by atoms with Crippen molar-refractivity contribution in [3.8, 4) is 5.75 Å². The van der Waals surface area contributed by atoms with Gasteiger partial charge in [0, 0.05) is 0 Å². The molecule has 0 saturated carbocycles. The van der Waals surface area contributed by atoms with Crippen molar-refractivity contribution in [2.45, 2.75) is 26.4 Å². The Hall–Kier alpha value is -1.84. The molecule has 0 aromatic heterocycles. The zero-order valence-electron chi connectivity index (χ0n) is 9.61. The normalized spacial score (nSPS) is 10.9. The molecule has 0 aliphatic rings. The number of benzene rings is 1. The van der Waals surface area contributed by atoms with Crippen LogP contribution in [0.3, 0.4) is 0 Å². The van der Waals surface area contributed by atoms with Gasteiger partial charge < -0.3 is 4.74 Å². The third-order valence-corrected chi connectivity index (χ3v) is 1.79. The number of para-hydroxylation sites is 1. The number of nitrogens with zero attached hydrogens (tertiary/aromatic N) is 1. The average molecular weight is 220 g/mol. The van der Waals surface area contributed by atoms with Gasteiger partial charge in [-0.15, -0.1) is 0 Å². The molecule has 85 valence electrons. The highest BCUT2D eigenvalue weighted by molar-refractivity contribution is 5.55. The summed E-state index contributed by atoms with van der Waals surface area (Å²) >= 11 is 0. The van der Waals surface area contributed by atoms with Crippen LogP contribution in [0.25, 0.3) is 0 Å². The van der Waals surface area contributed by atoms with Crippen LogP contribution in [-0.2, 0) is 0 Å². The van der Waals surface area contributed by atoms with Crippen molar-refractivity contribution >= 4 is 5.69 Å². The zero-order valence-corrected chi connectivity index (χ0v) is 9.61. The highest BCUT2D eigenvalue weighted by Gasteiger charge is 2.23. The van der Waals surface area contributed by atoms with Crippen LogP contribution in [0.1, 0.15) is 26.3 Å². The third kappa shape index (κ3) is 2.82. The van der Waals surface area contributed by atoms with Crippen LogP contribution in [0.4, 0.5) is 5.69 Å². The lowest BCUT2D eigenvalue weighted by molar-refractivity contribution is -0.386. The first kappa shape index (κ1) is 12.2. The fourth-order valence-corrected chi connectivity index (χ4v) is 1.27. The molecule has 0 amide bonds. The molecule has 0 N–H and O–H groups in total. The minimum Gasteiger partial charge on any atom is -0.481 e. The van der Waals surface area contributed by atoms with Gasteiger partial charge in [-0.05, 0) is 39.0 Å². The molecule has 1 aromatic rings. The Labute approximate surface area is 94.7 Å². The predicted molar refractivity (Wildman–Crippen MR) is 61.4 cm³/mol. The second kappa shape index (κ2) is 4.35. The topological polar surface area (TPSA) is 52.4 Å². The monoisotopic (exact) mass is 220 g/mol. The average Bonchev–Trinajstić information content (AvgIpc) is 2.14. The van der Waals surface area contributed by atoms with Crippen molar-refractivity contribution in [2.75, 3.05) is 0 Å². The van der Waals surface area contributed by atoms with Gasteiger partial charge in [0.2, 0.25) is 0 Å². The summed E-state index contributed by atoms with van der Waals surface area (Å²) in [7, 11) is 0. The van der Waals surface area contributed by atoms with Crippen molar-refractivity contribution in [2.24, 2.45) is 0 Å². The number of hydrogen-bond acceptors (Lipinski definition) is 3. The van der Waals surface area contributed by atoms with E-state index in [0.717, 1.165) is 0 Å². The molecule has 0 fully saturated rings. The second-order valence-corrected chi connectivity index (χ2v) is 4.30. The number of hydrogen-bond donors (Lipinski definition) is 0. The van der Waals surface area contributed by atoms with Crippen LogP contribution >= 0.6 is 0 Å². The van der Waals surface area contributed by atoms with Gasteiger partial charge >= 0.3 is 5.69 Å². The van der Waals surface area contributed by atoms with E-state index in [1.165, 1.54) is 0 Å². The van der Waals surface area contributed by atoms with Crippen molar-refractivity contribution in [1.29, 1.82) is 0 Å². The molecule has 0 saturated heterocycles. The fraction of sp³-hybridized carbons (Fsp3) is 0.333. The molecule has 4 heteroatoms. The number of nitro benzene ring substituents is 1. The summed E-state index contributed by atoms with van der Waals surface area (Å²) in [6.07, 6.45) is 2.53. The standard InChI is InChI=1S/C12H14NO3/c1-5-9-7-6-8-10(11(9)13(14)15)16-12(2,3)4/h6-8H,1H2,2-4H3. The summed E-state index contributed by atoms with van der Waals surface area (Å²) in [5.74, 6) is 0.242. The van der Waals surface area contributed by atoms with Gasteiger partial charge in [-0.25, -0.2) is 0 Å². The third-order valence-electron chi connectivity index (χ3n) is 1.79. The molecule has 1 aromatic carbocycles. The molecule has 0 unspecified atom stereocenters. The summed E-state index contributed by atoms with van der Waals surface area (Å²) in [4.78, 5) is 10.5. The van der Waals surface area contributed by atoms with Crippen LogP contribution < -0.4 is 4.74 Å². The van der Waals surface area contributed by atoms with E-state index in [2.05, 4.69) is 12.7 Å². The van der Waals surface area contributed by atoms with Gasteiger partial charge in [0.25, 0.3) is 0 Å². The lowest BCUT2D eigenvalue weighted by Crippen LogP contribution is -2.23. The Morgan fingerprint density at radius 2 is 2.06 bits per heavy atom. The molecular formula is C12H14NO3. The van der Waals surface area contributed by atoms with Crippen molar-refractivity contribution in [3.63, 3.8) is 0 Å². The van der Waals surface area contributed by atoms with E-state index in [1.807, 2.05) is 20.8 Å². The lowest BCUT2D eigenvalue weighted by atomic mass is 10.1. The molecule has 0 aliphatic carbocycles. The van der Waals surface area contributed by atoms with E-state index >= 15 is 0 Å². The SMILES string of the molecule is C=[C]c1cccc(OC(C)(C)C)c1[N+](=O)[O-]. The Morgan fingerprint density at radius 1 is 1.44 bits per heavy atom. The van der Waals surface area contributed by atoms with E-state index in [0.29, 0.717) is 5.56 Å². The Balaban J connectivity index is 3.28. The number of ether oxygens (including phenoxy) is 1. The molecule has 0 heterocycles. The summed E-state index contributed by atoms with van der Waals surface area (Å²) in [6, 6.07) is 4.84. The first-order valence-electron chi connectivity index (χ1n) is 4.84. The quantitative estimate of drug-likeness (QED) is 0.581. The number of nitro groups is 1. The maximum Gasteiger partial charge on any atom is 0.318 e. The maximum absolute atomic E-state index is 10.9. The molecule has 16 heavy (non-hydrogen) atoms. The van der Waals surface area contributed by atoms with Crippen molar-refractivity contribution in [3.05, 3.63) is 46.5 Å². The van der Waals surface area contributed by atoms with E-state index in [9.17, 15) is 10.1 Å². The highest BCUT2D eigenvalue weighted by atomic mass is 16.6. The van der Waals surface area contributed by atoms with Crippen LogP contribution in [-0.4, -0.2) is 10.5 Å². The molecular weight excluding hydrogens is 206 g/mol. The first-order chi connectivity index (χ1) is 7.35. The first-order valence-corrected chi connectivity index (χ1v) is 4.84. The predicted octanol–water partition coefficient (Wildman–Crippen LogP) is 3.11. The van der Waals surface area contributed by atoms with Gasteiger partial charge in [0.1, 0.15) is 5.60 Å². The van der Waals surface area contributed by atoms with Gasteiger partial charge in [-0.1, -0.05) is 12.6 Å². The fourth-order valence-electron chi connectivity index (χ4n) is 1.27. The van der Waals surface area contributed by atoms with Crippen LogP contribution in [0, 0.1) is 16.2 Å². The maximum atomic E-state index is 10.9. The molecule has 1 rings (SSSR count). The van der Waals surface area contributed by atoms with Crippen LogP contribution in [0.15, 0.2) is 24.8 Å². The molecule has 4 nitrogen and oxygen atoms in total. The summed E-state index contributed by atoms with van der Waals surface area (Å²) in [5.41, 5.74) is -0.232. The van der Waals surface area contributed by atoms with E-state index in [1.54, 1.807) is 18.2 Å². The van der Waals surface area contributed by atoms with E-state index in [-0.39, 0.29) is 11.4 Å². The second-order valence-electron chi connectivity index (χ2n) is 4.30. The minimum absolute atomic E-state index is 0.0903. The van der Waals surface area contributed by atoms with Crippen LogP contribution in [0.5, 0.6) is 5.75 Å².